The van der Waals surface area contributed by atoms with Gasteiger partial charge in [-0.15, -0.1) is 0 Å². The standard InChI is InChI=1S/C21H25N2O2P/c1-21(14-8-13-20(24)17-21)26(25)22(18-9-4-2-5-10-18)15-16-23(26)19-11-6-3-7-12-19/h2-7,9-12H,8,13-17H2,1H3. The second kappa shape index (κ2) is 6.59. The maximum atomic E-state index is 14.8. The van der Waals surface area contributed by atoms with E-state index in [0.717, 1.165) is 24.2 Å². The molecule has 1 aliphatic carbocycles. The van der Waals surface area contributed by atoms with Gasteiger partial charge in [0.15, 0.2) is 0 Å². The molecule has 0 amide bonds. The van der Waals surface area contributed by atoms with Crippen LogP contribution in [0.4, 0.5) is 11.4 Å². The van der Waals surface area contributed by atoms with Gasteiger partial charge < -0.3 is 9.34 Å². The zero-order valence-electron chi connectivity index (χ0n) is 15.2. The fraction of sp³-hybridized carbons (Fsp3) is 0.381. The maximum absolute atomic E-state index is 14.8. The summed E-state index contributed by atoms with van der Waals surface area (Å²) in [6, 6.07) is 20.0. The van der Waals surface area contributed by atoms with E-state index in [4.69, 9.17) is 0 Å². The number of anilines is 2. The highest BCUT2D eigenvalue weighted by atomic mass is 31.2. The van der Waals surface area contributed by atoms with Crippen LogP contribution >= 0.6 is 7.44 Å². The van der Waals surface area contributed by atoms with E-state index >= 15 is 0 Å². The first-order chi connectivity index (χ1) is 12.5. The summed E-state index contributed by atoms with van der Waals surface area (Å²) in [4.78, 5) is 12.3. The van der Waals surface area contributed by atoms with Crippen molar-refractivity contribution < 1.29 is 9.36 Å². The lowest BCUT2D eigenvalue weighted by atomic mass is 9.89. The van der Waals surface area contributed by atoms with E-state index in [1.165, 1.54) is 0 Å². The number of rotatable bonds is 3. The number of carbonyl (C=O) groups is 1. The molecule has 1 unspecified atom stereocenters. The number of Topliss-reactive ketones (excluding diaryl/α,β-unsaturated/α-hetero) is 1. The molecule has 2 aromatic rings. The Bertz CT molecular complexity index is 788. The molecular weight excluding hydrogens is 343 g/mol. The zero-order valence-corrected chi connectivity index (χ0v) is 16.1. The maximum Gasteiger partial charge on any atom is 0.269 e. The van der Waals surface area contributed by atoms with Crippen molar-refractivity contribution in [3.05, 3.63) is 60.7 Å². The fourth-order valence-corrected chi connectivity index (χ4v) is 8.33. The third kappa shape index (κ3) is 2.68. The summed E-state index contributed by atoms with van der Waals surface area (Å²) in [5.74, 6) is 0.238. The summed E-state index contributed by atoms with van der Waals surface area (Å²) >= 11 is 0. The average Bonchev–Trinajstić information content (AvgIpc) is 3.02. The van der Waals surface area contributed by atoms with E-state index in [1.54, 1.807) is 0 Å². The summed E-state index contributed by atoms with van der Waals surface area (Å²) < 4.78 is 19.0. The zero-order chi connectivity index (χ0) is 18.2. The SMILES string of the molecule is CC1(P2(=O)N(c3ccccc3)CCN2c2ccccc2)CCCC(=O)C1. The van der Waals surface area contributed by atoms with Gasteiger partial charge in [-0.1, -0.05) is 36.4 Å². The van der Waals surface area contributed by atoms with Gasteiger partial charge in [-0.25, -0.2) is 0 Å². The Morgan fingerprint density at radius 1 is 0.885 bits per heavy atom. The van der Waals surface area contributed by atoms with Crippen LogP contribution in [0.2, 0.25) is 0 Å². The van der Waals surface area contributed by atoms with Gasteiger partial charge in [-0.05, 0) is 44.0 Å². The van der Waals surface area contributed by atoms with Gasteiger partial charge in [0.2, 0.25) is 0 Å². The van der Waals surface area contributed by atoms with Crippen molar-refractivity contribution in [1.82, 2.24) is 0 Å². The molecule has 1 heterocycles. The van der Waals surface area contributed by atoms with Crippen LogP contribution in [0.1, 0.15) is 32.6 Å². The predicted molar refractivity (Wildman–Crippen MR) is 107 cm³/mol. The Morgan fingerprint density at radius 3 is 1.85 bits per heavy atom. The van der Waals surface area contributed by atoms with E-state index in [0.29, 0.717) is 25.9 Å². The van der Waals surface area contributed by atoms with Gasteiger partial charge in [-0.2, -0.15) is 0 Å². The minimum Gasteiger partial charge on any atom is -0.305 e. The second-order valence-corrected chi connectivity index (χ2v) is 10.7. The van der Waals surface area contributed by atoms with Gasteiger partial charge >= 0.3 is 0 Å². The first-order valence-corrected chi connectivity index (χ1v) is 10.9. The number of para-hydroxylation sites is 2. The van der Waals surface area contributed by atoms with Gasteiger partial charge in [0.05, 0.1) is 5.16 Å². The van der Waals surface area contributed by atoms with Crippen LogP contribution in [-0.4, -0.2) is 24.0 Å². The van der Waals surface area contributed by atoms with Crippen LogP contribution < -0.4 is 9.34 Å². The summed E-state index contributed by atoms with van der Waals surface area (Å²) in [5.41, 5.74) is 1.96. The van der Waals surface area contributed by atoms with Crippen LogP contribution in [-0.2, 0) is 9.36 Å². The van der Waals surface area contributed by atoms with Crippen molar-refractivity contribution >= 4 is 24.6 Å². The first-order valence-electron chi connectivity index (χ1n) is 9.33. The molecule has 2 aliphatic rings. The minimum absolute atomic E-state index is 0.238. The Labute approximate surface area is 155 Å². The molecule has 1 atom stereocenters. The van der Waals surface area contributed by atoms with Crippen LogP contribution in [0.25, 0.3) is 0 Å². The number of carbonyl (C=O) groups excluding carboxylic acids is 1. The molecule has 0 spiro atoms. The average molecular weight is 368 g/mol. The third-order valence-corrected chi connectivity index (χ3v) is 9.70. The Morgan fingerprint density at radius 2 is 1.38 bits per heavy atom. The molecular formula is C21H25N2O2P. The van der Waals surface area contributed by atoms with Crippen molar-refractivity contribution in [2.24, 2.45) is 0 Å². The number of hydrogen-bond donors (Lipinski definition) is 0. The number of hydrogen-bond acceptors (Lipinski definition) is 2. The van der Waals surface area contributed by atoms with E-state index in [1.807, 2.05) is 60.7 Å². The molecule has 1 saturated carbocycles. The number of nitrogens with zero attached hydrogens (tertiary/aromatic N) is 2. The highest BCUT2D eigenvalue weighted by Gasteiger charge is 2.57. The van der Waals surface area contributed by atoms with Crippen LogP contribution in [0.15, 0.2) is 60.7 Å². The lowest BCUT2D eigenvalue weighted by molar-refractivity contribution is -0.120. The van der Waals surface area contributed by atoms with Gasteiger partial charge in [0.25, 0.3) is 7.44 Å². The highest BCUT2D eigenvalue weighted by Crippen LogP contribution is 2.71. The Kier molecular flexibility index (Phi) is 4.40. The van der Waals surface area contributed by atoms with E-state index in [2.05, 4.69) is 16.3 Å². The van der Waals surface area contributed by atoms with E-state index in [9.17, 15) is 9.36 Å². The second-order valence-electron chi connectivity index (χ2n) is 7.53. The molecule has 0 bridgehead atoms. The van der Waals surface area contributed by atoms with Crippen LogP contribution in [0, 0.1) is 0 Å². The van der Waals surface area contributed by atoms with Crippen molar-refractivity contribution in [3.8, 4) is 0 Å². The molecule has 0 radical (unpaired) electrons. The van der Waals surface area contributed by atoms with Crippen LogP contribution in [0.5, 0.6) is 0 Å². The lowest BCUT2D eigenvalue weighted by Gasteiger charge is -2.46. The highest BCUT2D eigenvalue weighted by molar-refractivity contribution is 7.69. The quantitative estimate of drug-likeness (QED) is 0.706. The summed E-state index contributed by atoms with van der Waals surface area (Å²) in [6.45, 7) is 3.47. The van der Waals surface area contributed by atoms with Crippen molar-refractivity contribution in [3.63, 3.8) is 0 Å². The lowest BCUT2D eigenvalue weighted by Crippen LogP contribution is -2.41. The molecule has 1 saturated heterocycles. The Balaban J connectivity index is 1.84. The summed E-state index contributed by atoms with van der Waals surface area (Å²) in [5, 5.41) is -0.523. The molecule has 26 heavy (non-hydrogen) atoms. The normalized spacial score (nSPS) is 25.5. The van der Waals surface area contributed by atoms with Crippen molar-refractivity contribution in [2.75, 3.05) is 22.4 Å². The largest absolute Gasteiger partial charge is 0.305 e. The molecule has 1 aliphatic heterocycles. The molecule has 0 aromatic heterocycles. The van der Waals surface area contributed by atoms with Gasteiger partial charge in [0.1, 0.15) is 5.78 Å². The summed E-state index contributed by atoms with van der Waals surface area (Å²) in [6.07, 6.45) is 2.66. The predicted octanol–water partition coefficient (Wildman–Crippen LogP) is 5.11. The van der Waals surface area contributed by atoms with Gasteiger partial charge in [-0.3, -0.25) is 9.36 Å². The molecule has 2 aromatic carbocycles. The molecule has 136 valence electrons. The van der Waals surface area contributed by atoms with E-state index in [-0.39, 0.29) is 5.78 Å². The molecule has 5 heteroatoms. The smallest absolute Gasteiger partial charge is 0.269 e. The van der Waals surface area contributed by atoms with Crippen molar-refractivity contribution in [2.45, 2.75) is 37.8 Å². The first kappa shape index (κ1) is 17.4. The molecule has 0 N–H and O–H groups in total. The topological polar surface area (TPSA) is 40.6 Å². The monoisotopic (exact) mass is 368 g/mol. The van der Waals surface area contributed by atoms with Crippen molar-refractivity contribution in [1.29, 1.82) is 0 Å². The Hall–Kier alpha value is -2.06. The number of benzene rings is 2. The summed E-state index contributed by atoms with van der Waals surface area (Å²) in [7, 11) is -3.01. The van der Waals surface area contributed by atoms with Crippen LogP contribution in [0.3, 0.4) is 0 Å². The molecule has 2 fully saturated rings. The third-order valence-electron chi connectivity index (χ3n) is 5.74. The van der Waals surface area contributed by atoms with E-state index < -0.39 is 12.6 Å². The minimum atomic E-state index is -3.01. The number of ketones is 1. The molecule has 4 rings (SSSR count). The fourth-order valence-electron chi connectivity index (χ4n) is 4.46. The van der Waals surface area contributed by atoms with Gasteiger partial charge in [0, 0.05) is 37.3 Å². The molecule has 4 nitrogen and oxygen atoms in total.